The van der Waals surface area contributed by atoms with Gasteiger partial charge in [0.25, 0.3) is 0 Å². The molecule has 0 spiro atoms. The van der Waals surface area contributed by atoms with Crippen LogP contribution < -0.4 is 0 Å². The molecule has 2 unspecified atom stereocenters. The van der Waals surface area contributed by atoms with E-state index in [2.05, 4.69) is 25.7 Å². The third-order valence-corrected chi connectivity index (χ3v) is 5.45. The van der Waals surface area contributed by atoms with Crippen molar-refractivity contribution in [2.45, 2.75) is 64.1 Å². The van der Waals surface area contributed by atoms with E-state index in [1.54, 1.807) is 0 Å². The summed E-state index contributed by atoms with van der Waals surface area (Å²) in [6.07, 6.45) is 5.27. The third-order valence-electron chi connectivity index (χ3n) is 5.45. The van der Waals surface area contributed by atoms with Crippen LogP contribution in [0.1, 0.15) is 46.5 Å². The standard InChI is InChI=1S/C15H27NO2/c1-14(2,3)15-6-4-12-10-17-8-9-18-11-13(5-7-15)16(12)15/h12-13H,4-11H2,1-3H3. The predicted molar refractivity (Wildman–Crippen MR) is 71.7 cm³/mol. The van der Waals surface area contributed by atoms with Crippen molar-refractivity contribution >= 4 is 0 Å². The molecule has 0 aromatic heterocycles. The van der Waals surface area contributed by atoms with Gasteiger partial charge in [-0.25, -0.2) is 0 Å². The molecule has 0 aromatic carbocycles. The van der Waals surface area contributed by atoms with Crippen LogP contribution in [0.25, 0.3) is 0 Å². The van der Waals surface area contributed by atoms with Crippen molar-refractivity contribution in [1.82, 2.24) is 4.90 Å². The predicted octanol–water partition coefficient (Wildman–Crippen LogP) is 2.44. The molecular formula is C15H27NO2. The molecule has 18 heavy (non-hydrogen) atoms. The maximum absolute atomic E-state index is 5.78. The molecule has 3 nitrogen and oxygen atoms in total. The van der Waals surface area contributed by atoms with Crippen LogP contribution in [0.5, 0.6) is 0 Å². The highest BCUT2D eigenvalue weighted by atomic mass is 16.5. The molecule has 0 aromatic rings. The van der Waals surface area contributed by atoms with Gasteiger partial charge in [-0.1, -0.05) is 20.8 Å². The van der Waals surface area contributed by atoms with E-state index in [0.717, 1.165) is 26.4 Å². The second-order valence-electron chi connectivity index (χ2n) is 7.22. The first kappa shape index (κ1) is 12.9. The van der Waals surface area contributed by atoms with E-state index in [-0.39, 0.29) is 0 Å². The zero-order valence-electron chi connectivity index (χ0n) is 12.1. The first-order valence-corrected chi connectivity index (χ1v) is 7.48. The molecule has 3 aliphatic rings. The maximum Gasteiger partial charge on any atom is 0.0701 e. The van der Waals surface area contributed by atoms with Gasteiger partial charge in [-0.2, -0.15) is 0 Å². The lowest BCUT2D eigenvalue weighted by Gasteiger charge is -2.47. The van der Waals surface area contributed by atoms with Crippen molar-refractivity contribution in [2.24, 2.45) is 5.41 Å². The molecule has 3 rings (SSSR count). The lowest BCUT2D eigenvalue weighted by molar-refractivity contribution is -0.00926. The number of ether oxygens (including phenoxy) is 2. The molecule has 3 saturated heterocycles. The normalized spacial score (nSPS) is 42.2. The highest BCUT2D eigenvalue weighted by molar-refractivity contribution is 5.13. The molecule has 3 fully saturated rings. The summed E-state index contributed by atoms with van der Waals surface area (Å²) >= 11 is 0. The number of nitrogens with zero attached hydrogens (tertiary/aromatic N) is 1. The average Bonchev–Trinajstić information content (AvgIpc) is 2.84. The molecule has 0 amide bonds. The molecule has 3 aliphatic heterocycles. The van der Waals surface area contributed by atoms with E-state index in [4.69, 9.17) is 9.47 Å². The molecule has 2 atom stereocenters. The van der Waals surface area contributed by atoms with Gasteiger partial charge in [0.2, 0.25) is 0 Å². The Morgan fingerprint density at radius 1 is 0.944 bits per heavy atom. The average molecular weight is 253 g/mol. The van der Waals surface area contributed by atoms with Crippen LogP contribution in [0.2, 0.25) is 0 Å². The SMILES string of the molecule is CC(C)(C)C12CCC3COCCOCC(CC1)N32. The minimum Gasteiger partial charge on any atom is -0.377 e. The van der Waals surface area contributed by atoms with Crippen molar-refractivity contribution in [2.75, 3.05) is 26.4 Å². The van der Waals surface area contributed by atoms with Gasteiger partial charge in [-0.15, -0.1) is 0 Å². The van der Waals surface area contributed by atoms with Crippen LogP contribution in [-0.4, -0.2) is 49.0 Å². The second-order valence-corrected chi connectivity index (χ2v) is 7.22. The summed E-state index contributed by atoms with van der Waals surface area (Å²) in [7, 11) is 0. The van der Waals surface area contributed by atoms with Gasteiger partial charge in [0.1, 0.15) is 0 Å². The van der Waals surface area contributed by atoms with E-state index < -0.39 is 0 Å². The second kappa shape index (κ2) is 4.46. The molecule has 0 aliphatic carbocycles. The molecule has 3 heterocycles. The Kier molecular flexibility index (Phi) is 3.20. The van der Waals surface area contributed by atoms with Crippen LogP contribution in [0.4, 0.5) is 0 Å². The number of rotatable bonds is 0. The van der Waals surface area contributed by atoms with Crippen LogP contribution >= 0.6 is 0 Å². The van der Waals surface area contributed by atoms with Gasteiger partial charge in [-0.3, -0.25) is 4.90 Å². The van der Waals surface area contributed by atoms with Crippen LogP contribution in [0.15, 0.2) is 0 Å². The minimum absolute atomic E-state index is 0.352. The smallest absolute Gasteiger partial charge is 0.0701 e. The quantitative estimate of drug-likeness (QED) is 0.662. The van der Waals surface area contributed by atoms with E-state index in [1.165, 1.54) is 25.7 Å². The van der Waals surface area contributed by atoms with Gasteiger partial charge in [0.05, 0.1) is 26.4 Å². The molecular weight excluding hydrogens is 226 g/mol. The number of hydrogen-bond acceptors (Lipinski definition) is 3. The Hall–Kier alpha value is -0.120. The summed E-state index contributed by atoms with van der Waals surface area (Å²) < 4.78 is 11.6. The maximum atomic E-state index is 5.78. The van der Waals surface area contributed by atoms with Crippen molar-refractivity contribution in [3.63, 3.8) is 0 Å². The summed E-state index contributed by atoms with van der Waals surface area (Å²) in [5.74, 6) is 0. The lowest BCUT2D eigenvalue weighted by atomic mass is 9.71. The third kappa shape index (κ3) is 1.83. The van der Waals surface area contributed by atoms with Crippen molar-refractivity contribution in [3.8, 4) is 0 Å². The molecule has 3 heteroatoms. The first-order valence-electron chi connectivity index (χ1n) is 7.48. The van der Waals surface area contributed by atoms with Crippen LogP contribution in [0, 0.1) is 5.41 Å². The fourth-order valence-corrected chi connectivity index (χ4v) is 4.49. The van der Waals surface area contributed by atoms with E-state index in [9.17, 15) is 0 Å². The van der Waals surface area contributed by atoms with Gasteiger partial charge >= 0.3 is 0 Å². The molecule has 0 saturated carbocycles. The van der Waals surface area contributed by atoms with E-state index in [0.29, 0.717) is 23.0 Å². The summed E-state index contributed by atoms with van der Waals surface area (Å²) in [5.41, 5.74) is 0.740. The van der Waals surface area contributed by atoms with Crippen molar-refractivity contribution < 1.29 is 9.47 Å². The van der Waals surface area contributed by atoms with Gasteiger partial charge in [0.15, 0.2) is 0 Å². The minimum atomic E-state index is 0.352. The van der Waals surface area contributed by atoms with E-state index >= 15 is 0 Å². The van der Waals surface area contributed by atoms with E-state index in [1.807, 2.05) is 0 Å². The molecule has 104 valence electrons. The van der Waals surface area contributed by atoms with Crippen molar-refractivity contribution in [3.05, 3.63) is 0 Å². The van der Waals surface area contributed by atoms with Gasteiger partial charge < -0.3 is 9.47 Å². The Bertz CT molecular complexity index is 290. The Balaban J connectivity index is 1.90. The summed E-state index contributed by atoms with van der Waals surface area (Å²) in [6.45, 7) is 10.6. The molecule has 0 bridgehead atoms. The van der Waals surface area contributed by atoms with Gasteiger partial charge in [-0.05, 0) is 31.1 Å². The highest BCUT2D eigenvalue weighted by Gasteiger charge is 2.58. The first-order chi connectivity index (χ1) is 8.55. The summed E-state index contributed by atoms with van der Waals surface area (Å²) in [6, 6.07) is 1.25. The molecule has 0 radical (unpaired) electrons. The fourth-order valence-electron chi connectivity index (χ4n) is 4.49. The Labute approximate surface area is 111 Å². The summed E-state index contributed by atoms with van der Waals surface area (Å²) in [5, 5.41) is 0. The Morgan fingerprint density at radius 2 is 1.44 bits per heavy atom. The largest absolute Gasteiger partial charge is 0.377 e. The molecule has 0 N–H and O–H groups in total. The van der Waals surface area contributed by atoms with Crippen molar-refractivity contribution in [1.29, 1.82) is 0 Å². The summed E-state index contributed by atoms with van der Waals surface area (Å²) in [4.78, 5) is 2.79. The van der Waals surface area contributed by atoms with Crippen LogP contribution in [0.3, 0.4) is 0 Å². The lowest BCUT2D eigenvalue weighted by Crippen LogP contribution is -2.55. The fraction of sp³-hybridized carbons (Fsp3) is 1.00. The Morgan fingerprint density at radius 3 is 1.89 bits per heavy atom. The topological polar surface area (TPSA) is 21.7 Å². The van der Waals surface area contributed by atoms with Crippen LogP contribution in [-0.2, 0) is 9.47 Å². The highest BCUT2D eigenvalue weighted by Crippen LogP contribution is 2.54. The zero-order chi connectivity index (χ0) is 12.8. The monoisotopic (exact) mass is 253 g/mol. The number of hydrogen-bond donors (Lipinski definition) is 0. The zero-order valence-corrected chi connectivity index (χ0v) is 12.1. The van der Waals surface area contributed by atoms with Gasteiger partial charge in [0, 0.05) is 17.6 Å².